The summed E-state index contributed by atoms with van der Waals surface area (Å²) in [6.07, 6.45) is 2.44. The third kappa shape index (κ3) is 1.76. The molecular weight excluding hydrogens is 209 g/mol. The Balaban J connectivity index is 2.31. The fourth-order valence-corrected chi connectivity index (χ4v) is 1.54. The first-order valence-electron chi connectivity index (χ1n) is 3.88. The normalized spacial score (nSPS) is 16.2. The molecule has 68 valence electrons. The number of rotatable bonds is 1. The molecule has 13 heavy (non-hydrogen) atoms. The first kappa shape index (κ1) is 8.78. The highest BCUT2D eigenvalue weighted by Crippen LogP contribution is 2.25. The summed E-state index contributed by atoms with van der Waals surface area (Å²) < 4.78 is 0. The molecule has 5 heteroatoms. The van der Waals surface area contributed by atoms with Gasteiger partial charge in [-0.15, -0.1) is 0 Å². The van der Waals surface area contributed by atoms with Crippen LogP contribution < -0.4 is 5.01 Å². The van der Waals surface area contributed by atoms with Crippen molar-refractivity contribution in [2.24, 2.45) is 5.10 Å². The SMILES string of the molecule is ClC1=NN(c2ncccc2Cl)CC1. The molecule has 3 nitrogen and oxygen atoms in total. The van der Waals surface area contributed by atoms with Crippen LogP contribution in [0.1, 0.15) is 6.42 Å². The van der Waals surface area contributed by atoms with E-state index >= 15 is 0 Å². The van der Waals surface area contributed by atoms with Crippen LogP contribution in [0.4, 0.5) is 5.82 Å². The lowest BCUT2D eigenvalue weighted by Gasteiger charge is -2.12. The maximum absolute atomic E-state index is 5.94. The van der Waals surface area contributed by atoms with Gasteiger partial charge in [0.2, 0.25) is 0 Å². The molecule has 0 N–H and O–H groups in total. The molecule has 1 aliphatic rings. The van der Waals surface area contributed by atoms with Gasteiger partial charge < -0.3 is 0 Å². The monoisotopic (exact) mass is 215 g/mol. The van der Waals surface area contributed by atoms with E-state index in [2.05, 4.69) is 10.1 Å². The Morgan fingerprint density at radius 3 is 2.85 bits per heavy atom. The van der Waals surface area contributed by atoms with Gasteiger partial charge in [0, 0.05) is 19.2 Å². The second-order valence-corrected chi connectivity index (χ2v) is 3.50. The zero-order valence-electron chi connectivity index (χ0n) is 6.74. The molecule has 0 radical (unpaired) electrons. The fourth-order valence-electron chi connectivity index (χ4n) is 1.15. The molecule has 2 heterocycles. The van der Waals surface area contributed by atoms with E-state index in [1.54, 1.807) is 23.3 Å². The van der Waals surface area contributed by atoms with Crippen molar-refractivity contribution in [2.45, 2.75) is 6.42 Å². The first-order valence-corrected chi connectivity index (χ1v) is 4.64. The summed E-state index contributed by atoms with van der Waals surface area (Å²) in [5.74, 6) is 0.666. The molecule has 0 saturated carbocycles. The predicted molar refractivity (Wildman–Crippen MR) is 54.5 cm³/mol. The Morgan fingerprint density at radius 2 is 2.23 bits per heavy atom. The van der Waals surface area contributed by atoms with Crippen molar-refractivity contribution in [3.63, 3.8) is 0 Å². The van der Waals surface area contributed by atoms with Gasteiger partial charge in [0.15, 0.2) is 5.82 Å². The Bertz CT molecular complexity index is 351. The van der Waals surface area contributed by atoms with Crippen LogP contribution in [0.3, 0.4) is 0 Å². The number of pyridine rings is 1. The molecule has 0 bridgehead atoms. The zero-order valence-corrected chi connectivity index (χ0v) is 8.26. The summed E-state index contributed by atoms with van der Waals surface area (Å²) >= 11 is 11.7. The van der Waals surface area contributed by atoms with Crippen LogP contribution in [0, 0.1) is 0 Å². The molecular formula is C8H7Cl2N3. The number of nitrogens with zero attached hydrogens (tertiary/aromatic N) is 3. The average Bonchev–Trinajstić information content (AvgIpc) is 2.53. The standard InChI is InChI=1S/C8H7Cl2N3/c9-6-2-1-4-11-8(6)13-5-3-7(10)12-13/h1-2,4H,3,5H2. The van der Waals surface area contributed by atoms with Crippen molar-refractivity contribution >= 4 is 34.2 Å². The molecule has 0 saturated heterocycles. The summed E-state index contributed by atoms with van der Waals surface area (Å²) in [6, 6.07) is 3.57. The van der Waals surface area contributed by atoms with E-state index in [1.807, 2.05) is 0 Å². The summed E-state index contributed by atoms with van der Waals surface area (Å²) in [7, 11) is 0. The van der Waals surface area contributed by atoms with Crippen LogP contribution in [0.25, 0.3) is 0 Å². The molecule has 0 atom stereocenters. The number of hydrogen-bond donors (Lipinski definition) is 0. The van der Waals surface area contributed by atoms with Crippen molar-refractivity contribution in [1.82, 2.24) is 4.98 Å². The van der Waals surface area contributed by atoms with E-state index in [-0.39, 0.29) is 0 Å². The van der Waals surface area contributed by atoms with Gasteiger partial charge in [-0.3, -0.25) is 0 Å². The van der Waals surface area contributed by atoms with Crippen LogP contribution in [0.2, 0.25) is 5.02 Å². The quantitative estimate of drug-likeness (QED) is 0.721. The lowest BCUT2D eigenvalue weighted by molar-refractivity contribution is 0.896. The topological polar surface area (TPSA) is 28.5 Å². The van der Waals surface area contributed by atoms with E-state index < -0.39 is 0 Å². The van der Waals surface area contributed by atoms with Crippen molar-refractivity contribution in [2.75, 3.05) is 11.6 Å². The zero-order chi connectivity index (χ0) is 9.26. The molecule has 1 aliphatic heterocycles. The Morgan fingerprint density at radius 1 is 1.38 bits per heavy atom. The van der Waals surface area contributed by atoms with Gasteiger partial charge in [-0.2, -0.15) is 5.10 Å². The first-order chi connectivity index (χ1) is 6.27. The van der Waals surface area contributed by atoms with Gasteiger partial charge in [-0.05, 0) is 12.1 Å². The maximum atomic E-state index is 5.94. The second-order valence-electron chi connectivity index (χ2n) is 2.66. The molecule has 0 spiro atoms. The van der Waals surface area contributed by atoms with E-state index in [1.165, 1.54) is 0 Å². The van der Waals surface area contributed by atoms with Gasteiger partial charge >= 0.3 is 0 Å². The van der Waals surface area contributed by atoms with E-state index in [9.17, 15) is 0 Å². The van der Waals surface area contributed by atoms with Crippen LogP contribution in [-0.2, 0) is 0 Å². The highest BCUT2D eigenvalue weighted by molar-refractivity contribution is 6.65. The molecule has 0 fully saturated rings. The van der Waals surface area contributed by atoms with Crippen LogP contribution >= 0.6 is 23.2 Å². The van der Waals surface area contributed by atoms with Crippen LogP contribution in [0.15, 0.2) is 23.4 Å². The molecule has 0 unspecified atom stereocenters. The average molecular weight is 216 g/mol. The number of hydrazone groups is 1. The minimum absolute atomic E-state index is 0.595. The van der Waals surface area contributed by atoms with Crippen molar-refractivity contribution in [3.8, 4) is 0 Å². The molecule has 0 aliphatic carbocycles. The minimum Gasteiger partial charge on any atom is -0.245 e. The molecule has 1 aromatic heterocycles. The van der Waals surface area contributed by atoms with Gasteiger partial charge in [0.25, 0.3) is 0 Å². The minimum atomic E-state index is 0.595. The second kappa shape index (κ2) is 3.52. The summed E-state index contributed by atoms with van der Waals surface area (Å²) in [5.41, 5.74) is 0. The van der Waals surface area contributed by atoms with E-state index in [0.29, 0.717) is 16.0 Å². The smallest absolute Gasteiger partial charge is 0.167 e. The van der Waals surface area contributed by atoms with Gasteiger partial charge in [0.1, 0.15) is 5.17 Å². The number of anilines is 1. The lowest BCUT2D eigenvalue weighted by atomic mass is 10.4. The Kier molecular flexibility index (Phi) is 2.38. The highest BCUT2D eigenvalue weighted by atomic mass is 35.5. The molecule has 0 amide bonds. The van der Waals surface area contributed by atoms with Gasteiger partial charge in [-0.1, -0.05) is 23.2 Å². The Labute approximate surface area is 86.0 Å². The number of hydrogen-bond acceptors (Lipinski definition) is 3. The van der Waals surface area contributed by atoms with E-state index in [4.69, 9.17) is 23.2 Å². The van der Waals surface area contributed by atoms with Gasteiger partial charge in [-0.25, -0.2) is 9.99 Å². The summed E-state index contributed by atoms with van der Waals surface area (Å²) in [6.45, 7) is 0.746. The maximum Gasteiger partial charge on any atom is 0.167 e. The van der Waals surface area contributed by atoms with Crippen molar-refractivity contribution in [1.29, 1.82) is 0 Å². The lowest BCUT2D eigenvalue weighted by Crippen LogP contribution is -2.13. The Hall–Kier alpha value is -0.800. The van der Waals surface area contributed by atoms with Gasteiger partial charge in [0.05, 0.1) is 5.02 Å². The van der Waals surface area contributed by atoms with Crippen molar-refractivity contribution in [3.05, 3.63) is 23.4 Å². The summed E-state index contributed by atoms with van der Waals surface area (Å²) in [4.78, 5) is 4.12. The highest BCUT2D eigenvalue weighted by Gasteiger charge is 2.17. The fraction of sp³-hybridized carbons (Fsp3) is 0.250. The number of aromatic nitrogens is 1. The van der Waals surface area contributed by atoms with Crippen LogP contribution in [-0.4, -0.2) is 16.7 Å². The molecule has 0 aromatic carbocycles. The van der Waals surface area contributed by atoms with E-state index in [0.717, 1.165) is 13.0 Å². The van der Waals surface area contributed by atoms with Crippen molar-refractivity contribution < 1.29 is 0 Å². The van der Waals surface area contributed by atoms with Crippen LogP contribution in [0.5, 0.6) is 0 Å². The third-order valence-electron chi connectivity index (χ3n) is 1.74. The number of halogens is 2. The third-order valence-corrected chi connectivity index (χ3v) is 2.30. The molecule has 1 aromatic rings. The molecule has 2 rings (SSSR count). The summed E-state index contributed by atoms with van der Waals surface area (Å²) in [5, 5.41) is 6.99. The largest absolute Gasteiger partial charge is 0.245 e. The predicted octanol–water partition coefficient (Wildman–Crippen LogP) is 2.50.